The normalized spacial score (nSPS) is 19.0. The molecular formula is C24H37F3N4O6S. The summed E-state index contributed by atoms with van der Waals surface area (Å²) in [7, 11) is -2.15. The van der Waals surface area contributed by atoms with Gasteiger partial charge < -0.3 is 20.1 Å². The highest BCUT2D eigenvalue weighted by molar-refractivity contribution is 7.89. The number of piperazine rings is 1. The highest BCUT2D eigenvalue weighted by atomic mass is 32.2. The summed E-state index contributed by atoms with van der Waals surface area (Å²) in [6.45, 7) is 7.38. The van der Waals surface area contributed by atoms with E-state index in [-0.39, 0.29) is 23.8 Å². The molecule has 3 rings (SSSR count). The van der Waals surface area contributed by atoms with Crippen molar-refractivity contribution in [1.29, 1.82) is 0 Å². The van der Waals surface area contributed by atoms with Gasteiger partial charge in [-0.25, -0.2) is 13.2 Å². The fourth-order valence-corrected chi connectivity index (χ4v) is 5.70. The van der Waals surface area contributed by atoms with E-state index in [1.165, 1.54) is 10.7 Å². The molecule has 216 valence electrons. The van der Waals surface area contributed by atoms with Crippen molar-refractivity contribution in [2.75, 3.05) is 59.5 Å². The smallest absolute Gasteiger partial charge is 0.490 e. The topological polar surface area (TPSA) is 119 Å². The minimum atomic E-state index is -5.08. The summed E-state index contributed by atoms with van der Waals surface area (Å²) in [5.41, 5.74) is 0. The lowest BCUT2D eigenvalue weighted by atomic mass is 10.0. The Labute approximate surface area is 221 Å². The SMILES string of the molecule is COc1ccc(S(=O)(=O)N(CCC(=O)N2CCNCC2)CCN2CCCCC2C)cc1.O=C(O)C(F)(F)F. The van der Waals surface area contributed by atoms with E-state index in [0.29, 0.717) is 38.0 Å². The second-order valence-electron chi connectivity index (χ2n) is 9.14. The molecule has 2 N–H and O–H groups in total. The number of carbonyl (C=O) groups excluding carboxylic acids is 1. The Kier molecular flexibility index (Phi) is 12.3. The van der Waals surface area contributed by atoms with Crippen LogP contribution in [0.4, 0.5) is 13.2 Å². The second kappa shape index (κ2) is 14.7. The van der Waals surface area contributed by atoms with Crippen LogP contribution in [-0.2, 0) is 19.6 Å². The number of benzene rings is 1. The molecule has 2 saturated heterocycles. The fraction of sp³-hybridized carbons (Fsp3) is 0.667. The van der Waals surface area contributed by atoms with Gasteiger partial charge in [0.2, 0.25) is 15.9 Å². The summed E-state index contributed by atoms with van der Waals surface area (Å²) in [6.07, 6.45) is -1.36. The zero-order chi connectivity index (χ0) is 28.3. The molecule has 1 aromatic rings. The van der Waals surface area contributed by atoms with Crippen LogP contribution in [0.1, 0.15) is 32.6 Å². The molecular weight excluding hydrogens is 529 g/mol. The number of sulfonamides is 1. The van der Waals surface area contributed by atoms with Crippen LogP contribution in [0.25, 0.3) is 0 Å². The van der Waals surface area contributed by atoms with Gasteiger partial charge >= 0.3 is 12.1 Å². The standard InChI is InChI=1S/C22H36N4O4S.C2HF3O2/c1-19-5-3-4-13-24(19)17-18-26(14-10-22(27)25-15-11-23-12-16-25)31(28,29)21-8-6-20(30-2)7-9-21;3-2(4,5)1(6)7/h6-9,19,23H,3-5,10-18H2,1-2H3;(H,6,7). The molecule has 0 spiro atoms. The summed E-state index contributed by atoms with van der Waals surface area (Å²) in [6, 6.07) is 6.92. The number of nitrogens with zero attached hydrogens (tertiary/aromatic N) is 3. The maximum absolute atomic E-state index is 13.4. The number of likely N-dealkylation sites (tertiary alicyclic amines) is 1. The van der Waals surface area contributed by atoms with Crippen molar-refractivity contribution >= 4 is 21.9 Å². The second-order valence-corrected chi connectivity index (χ2v) is 11.1. The molecule has 0 aliphatic carbocycles. The maximum atomic E-state index is 13.4. The zero-order valence-corrected chi connectivity index (χ0v) is 22.6. The summed E-state index contributed by atoms with van der Waals surface area (Å²) in [4.78, 5) is 26.0. The van der Waals surface area contributed by atoms with E-state index in [2.05, 4.69) is 17.1 Å². The van der Waals surface area contributed by atoms with E-state index in [4.69, 9.17) is 14.6 Å². The monoisotopic (exact) mass is 566 g/mol. The highest BCUT2D eigenvalue weighted by Crippen LogP contribution is 2.21. The largest absolute Gasteiger partial charge is 0.497 e. The number of carbonyl (C=O) groups is 2. The van der Waals surface area contributed by atoms with Gasteiger partial charge in [-0.3, -0.25) is 9.69 Å². The molecule has 38 heavy (non-hydrogen) atoms. The Morgan fingerprint density at radius 2 is 1.71 bits per heavy atom. The molecule has 10 nitrogen and oxygen atoms in total. The van der Waals surface area contributed by atoms with E-state index in [9.17, 15) is 26.4 Å². The van der Waals surface area contributed by atoms with Crippen LogP contribution < -0.4 is 10.1 Å². The summed E-state index contributed by atoms with van der Waals surface area (Å²) >= 11 is 0. The van der Waals surface area contributed by atoms with Gasteiger partial charge in [0.15, 0.2) is 0 Å². The Balaban J connectivity index is 0.000000638. The van der Waals surface area contributed by atoms with E-state index in [1.54, 1.807) is 31.4 Å². The van der Waals surface area contributed by atoms with Gasteiger partial charge in [0, 0.05) is 58.3 Å². The number of piperidine rings is 1. The van der Waals surface area contributed by atoms with Gasteiger partial charge in [-0.15, -0.1) is 0 Å². The molecule has 2 aliphatic rings. The average Bonchev–Trinajstić information content (AvgIpc) is 2.89. The lowest BCUT2D eigenvalue weighted by molar-refractivity contribution is -0.192. The van der Waals surface area contributed by atoms with Gasteiger partial charge in [-0.2, -0.15) is 17.5 Å². The van der Waals surface area contributed by atoms with Crippen molar-refractivity contribution < 1.29 is 41.0 Å². The summed E-state index contributed by atoms with van der Waals surface area (Å²) in [5, 5.41) is 10.4. The van der Waals surface area contributed by atoms with Gasteiger partial charge in [-0.1, -0.05) is 6.42 Å². The third-order valence-electron chi connectivity index (χ3n) is 6.56. The van der Waals surface area contributed by atoms with E-state index in [1.807, 2.05) is 4.90 Å². The molecule has 2 heterocycles. The Morgan fingerprint density at radius 1 is 1.11 bits per heavy atom. The number of ether oxygens (including phenoxy) is 1. The first-order valence-electron chi connectivity index (χ1n) is 12.5. The minimum absolute atomic E-state index is 0.0165. The number of aliphatic carboxylic acids is 1. The van der Waals surface area contributed by atoms with Crippen molar-refractivity contribution in [3.05, 3.63) is 24.3 Å². The number of hydrogen-bond acceptors (Lipinski definition) is 7. The first-order valence-corrected chi connectivity index (χ1v) is 14.0. The van der Waals surface area contributed by atoms with Crippen LogP contribution in [0.15, 0.2) is 29.2 Å². The van der Waals surface area contributed by atoms with Gasteiger partial charge in [0.05, 0.1) is 12.0 Å². The lowest BCUT2D eigenvalue weighted by Crippen LogP contribution is -2.48. The van der Waals surface area contributed by atoms with E-state index in [0.717, 1.165) is 32.5 Å². The van der Waals surface area contributed by atoms with E-state index < -0.39 is 22.2 Å². The minimum Gasteiger partial charge on any atom is -0.497 e. The first-order chi connectivity index (χ1) is 17.9. The fourth-order valence-electron chi connectivity index (χ4n) is 4.27. The predicted octanol–water partition coefficient (Wildman–Crippen LogP) is 2.02. The van der Waals surface area contributed by atoms with Crippen molar-refractivity contribution in [1.82, 2.24) is 19.4 Å². The van der Waals surface area contributed by atoms with Crippen LogP contribution >= 0.6 is 0 Å². The van der Waals surface area contributed by atoms with Crippen LogP contribution in [0.2, 0.25) is 0 Å². The van der Waals surface area contributed by atoms with E-state index >= 15 is 0 Å². The summed E-state index contributed by atoms with van der Waals surface area (Å²) < 4.78 is 65.2. The first kappa shape index (κ1) is 31.8. The number of methoxy groups -OCH3 is 1. The lowest BCUT2D eigenvalue weighted by Gasteiger charge is -2.35. The number of hydrogen-bond donors (Lipinski definition) is 2. The molecule has 0 radical (unpaired) electrons. The number of alkyl halides is 3. The van der Waals surface area contributed by atoms with Crippen LogP contribution in [0.3, 0.4) is 0 Å². The quantitative estimate of drug-likeness (QED) is 0.466. The third kappa shape index (κ3) is 9.71. The Hall–Kier alpha value is -2.42. The molecule has 1 atom stereocenters. The Morgan fingerprint density at radius 3 is 2.24 bits per heavy atom. The maximum Gasteiger partial charge on any atom is 0.490 e. The number of carboxylic acid groups (broad SMARTS) is 1. The van der Waals surface area contributed by atoms with Gasteiger partial charge in [0.25, 0.3) is 0 Å². The van der Waals surface area contributed by atoms with Crippen LogP contribution in [0.5, 0.6) is 5.75 Å². The highest BCUT2D eigenvalue weighted by Gasteiger charge is 2.38. The van der Waals surface area contributed by atoms with Crippen LogP contribution in [0, 0.1) is 0 Å². The van der Waals surface area contributed by atoms with Crippen molar-refractivity contribution in [2.45, 2.75) is 49.7 Å². The number of nitrogens with one attached hydrogen (secondary N) is 1. The molecule has 1 amide bonds. The molecule has 0 bridgehead atoms. The number of amides is 1. The molecule has 1 unspecified atom stereocenters. The molecule has 1 aromatic carbocycles. The van der Waals surface area contributed by atoms with Crippen LogP contribution in [-0.4, -0.2) is 111 Å². The average molecular weight is 567 g/mol. The van der Waals surface area contributed by atoms with Crippen molar-refractivity contribution in [2.24, 2.45) is 0 Å². The zero-order valence-electron chi connectivity index (χ0n) is 21.7. The summed E-state index contributed by atoms with van der Waals surface area (Å²) in [5.74, 6) is -2.13. The molecule has 0 saturated carbocycles. The molecule has 2 aliphatic heterocycles. The van der Waals surface area contributed by atoms with Gasteiger partial charge in [0.1, 0.15) is 5.75 Å². The van der Waals surface area contributed by atoms with Crippen molar-refractivity contribution in [3.8, 4) is 5.75 Å². The van der Waals surface area contributed by atoms with Crippen molar-refractivity contribution in [3.63, 3.8) is 0 Å². The Bertz CT molecular complexity index is 1000. The molecule has 2 fully saturated rings. The number of carboxylic acids is 1. The van der Waals surface area contributed by atoms with Gasteiger partial charge in [-0.05, 0) is 50.6 Å². The number of halogens is 3. The molecule has 14 heteroatoms. The molecule has 0 aromatic heterocycles. The third-order valence-corrected chi connectivity index (χ3v) is 8.47. The number of rotatable bonds is 9. The predicted molar refractivity (Wildman–Crippen MR) is 134 cm³/mol.